The number of aryl methyl sites for hydroxylation is 1. The maximum atomic E-state index is 12.8. The van der Waals surface area contributed by atoms with Crippen LogP contribution in [0.25, 0.3) is 0 Å². The van der Waals surface area contributed by atoms with Crippen molar-refractivity contribution in [3.05, 3.63) is 12.2 Å². The molecular weight excluding hydrogens is 168 g/mol. The molecule has 1 heterocycles. The number of rotatable bonds is 3. The second-order valence-corrected chi connectivity index (χ2v) is 2.26. The highest BCUT2D eigenvalue weighted by atomic mass is 19.3. The van der Waals surface area contributed by atoms with Gasteiger partial charge >= 0.3 is 5.92 Å². The first kappa shape index (κ1) is 9.05. The van der Waals surface area contributed by atoms with Crippen molar-refractivity contribution < 1.29 is 13.9 Å². The SMILES string of the molecule is CCn1ncnc1C(F)(F)CO. The molecule has 1 aromatic heterocycles. The fourth-order valence-corrected chi connectivity index (χ4v) is 0.850. The van der Waals surface area contributed by atoms with Crippen LogP contribution in [-0.4, -0.2) is 26.5 Å². The fourth-order valence-electron chi connectivity index (χ4n) is 0.850. The van der Waals surface area contributed by atoms with Gasteiger partial charge in [0.1, 0.15) is 12.9 Å². The minimum Gasteiger partial charge on any atom is -0.390 e. The van der Waals surface area contributed by atoms with Crippen LogP contribution in [0.3, 0.4) is 0 Å². The van der Waals surface area contributed by atoms with Gasteiger partial charge in [-0.05, 0) is 6.92 Å². The van der Waals surface area contributed by atoms with E-state index in [-0.39, 0.29) is 0 Å². The lowest BCUT2D eigenvalue weighted by Gasteiger charge is -2.12. The molecule has 0 spiro atoms. The molecule has 0 unspecified atom stereocenters. The second kappa shape index (κ2) is 3.14. The fraction of sp³-hybridized carbons (Fsp3) is 0.667. The minimum atomic E-state index is -3.30. The second-order valence-electron chi connectivity index (χ2n) is 2.26. The van der Waals surface area contributed by atoms with Gasteiger partial charge in [0.15, 0.2) is 5.82 Å². The molecule has 0 atom stereocenters. The summed E-state index contributed by atoms with van der Waals surface area (Å²) in [5.74, 6) is -3.79. The van der Waals surface area contributed by atoms with Gasteiger partial charge in [0.05, 0.1) is 0 Å². The van der Waals surface area contributed by atoms with Crippen LogP contribution in [0.15, 0.2) is 6.33 Å². The topological polar surface area (TPSA) is 50.9 Å². The van der Waals surface area contributed by atoms with Crippen LogP contribution in [0.2, 0.25) is 0 Å². The Bertz CT molecular complexity index is 261. The van der Waals surface area contributed by atoms with E-state index < -0.39 is 18.4 Å². The summed E-state index contributed by atoms with van der Waals surface area (Å²) >= 11 is 0. The molecule has 0 radical (unpaired) electrons. The highest BCUT2D eigenvalue weighted by Gasteiger charge is 2.35. The van der Waals surface area contributed by atoms with Crippen LogP contribution in [0.1, 0.15) is 12.7 Å². The third-order valence-corrected chi connectivity index (χ3v) is 1.44. The number of hydrogen-bond acceptors (Lipinski definition) is 3. The summed E-state index contributed by atoms with van der Waals surface area (Å²) in [6.45, 7) is 0.738. The predicted octanol–water partition coefficient (Wildman–Crippen LogP) is 0.382. The molecule has 12 heavy (non-hydrogen) atoms. The van der Waals surface area contributed by atoms with E-state index >= 15 is 0 Å². The lowest BCUT2D eigenvalue weighted by Crippen LogP contribution is -2.24. The molecule has 0 fully saturated rings. The van der Waals surface area contributed by atoms with Gasteiger partial charge < -0.3 is 5.11 Å². The normalized spacial score (nSPS) is 12.0. The monoisotopic (exact) mass is 177 g/mol. The summed E-state index contributed by atoms with van der Waals surface area (Å²) in [6, 6.07) is 0. The smallest absolute Gasteiger partial charge is 0.328 e. The van der Waals surface area contributed by atoms with Crippen molar-refractivity contribution in [1.29, 1.82) is 0 Å². The molecule has 0 saturated heterocycles. The number of aliphatic hydroxyl groups is 1. The molecule has 0 aliphatic carbocycles. The molecule has 0 bridgehead atoms. The highest BCUT2D eigenvalue weighted by Crippen LogP contribution is 2.24. The van der Waals surface area contributed by atoms with Gasteiger partial charge in [-0.1, -0.05) is 0 Å². The Morgan fingerprint density at radius 1 is 1.67 bits per heavy atom. The van der Waals surface area contributed by atoms with Gasteiger partial charge in [-0.15, -0.1) is 0 Å². The van der Waals surface area contributed by atoms with Gasteiger partial charge in [-0.25, -0.2) is 9.67 Å². The average Bonchev–Trinajstić information content (AvgIpc) is 2.52. The van der Waals surface area contributed by atoms with Crippen LogP contribution in [0, 0.1) is 0 Å². The molecule has 0 aliphatic rings. The molecular formula is C6H9F2N3O. The average molecular weight is 177 g/mol. The molecule has 0 aromatic carbocycles. The van der Waals surface area contributed by atoms with Crippen LogP contribution in [0.4, 0.5) is 8.78 Å². The third-order valence-electron chi connectivity index (χ3n) is 1.44. The van der Waals surface area contributed by atoms with Crippen molar-refractivity contribution in [2.24, 2.45) is 0 Å². The van der Waals surface area contributed by atoms with Gasteiger partial charge in [-0.2, -0.15) is 13.9 Å². The van der Waals surface area contributed by atoms with Crippen molar-refractivity contribution in [1.82, 2.24) is 14.8 Å². The van der Waals surface area contributed by atoms with Crippen molar-refractivity contribution in [2.75, 3.05) is 6.61 Å². The van der Waals surface area contributed by atoms with Crippen molar-refractivity contribution >= 4 is 0 Å². The largest absolute Gasteiger partial charge is 0.390 e. The van der Waals surface area contributed by atoms with Crippen LogP contribution >= 0.6 is 0 Å². The number of nitrogens with zero attached hydrogens (tertiary/aromatic N) is 3. The van der Waals surface area contributed by atoms with Crippen LogP contribution < -0.4 is 0 Å². The summed E-state index contributed by atoms with van der Waals surface area (Å²) in [7, 11) is 0. The number of hydrogen-bond donors (Lipinski definition) is 1. The van der Waals surface area contributed by atoms with E-state index in [9.17, 15) is 8.78 Å². The van der Waals surface area contributed by atoms with Gasteiger partial charge in [0.25, 0.3) is 0 Å². The standard InChI is InChI=1S/C6H9F2N3O/c1-2-11-5(9-4-10-11)6(7,8)3-12/h4,12H,2-3H2,1H3. The summed E-state index contributed by atoms with van der Waals surface area (Å²) in [6.07, 6.45) is 1.04. The molecule has 0 aliphatic heterocycles. The van der Waals surface area contributed by atoms with E-state index in [0.29, 0.717) is 6.54 Å². The van der Waals surface area contributed by atoms with E-state index in [0.717, 1.165) is 11.0 Å². The highest BCUT2D eigenvalue weighted by molar-refractivity contribution is 4.95. The molecule has 1 N–H and O–H groups in total. The summed E-state index contributed by atoms with van der Waals surface area (Å²) in [5, 5.41) is 11.9. The molecule has 0 amide bonds. The predicted molar refractivity (Wildman–Crippen MR) is 36.7 cm³/mol. The van der Waals surface area contributed by atoms with Crippen LogP contribution in [0.5, 0.6) is 0 Å². The first-order chi connectivity index (χ1) is 5.61. The van der Waals surface area contributed by atoms with Crippen LogP contribution in [-0.2, 0) is 12.5 Å². The Morgan fingerprint density at radius 3 is 2.83 bits per heavy atom. The Labute approximate surface area is 67.8 Å². The molecule has 1 aromatic rings. The first-order valence-electron chi connectivity index (χ1n) is 3.48. The summed E-state index contributed by atoms with van der Waals surface area (Å²) < 4.78 is 26.6. The molecule has 1 rings (SSSR count). The molecule has 6 heteroatoms. The van der Waals surface area contributed by atoms with Gasteiger partial charge in [0, 0.05) is 6.54 Å². The van der Waals surface area contributed by atoms with Gasteiger partial charge in [-0.3, -0.25) is 0 Å². The van der Waals surface area contributed by atoms with E-state index in [1.165, 1.54) is 0 Å². The van der Waals surface area contributed by atoms with E-state index in [2.05, 4.69) is 10.1 Å². The summed E-state index contributed by atoms with van der Waals surface area (Å²) in [4.78, 5) is 3.37. The Kier molecular flexibility index (Phi) is 2.37. The Hall–Kier alpha value is -1.04. The zero-order valence-corrected chi connectivity index (χ0v) is 6.54. The maximum Gasteiger partial charge on any atom is 0.328 e. The first-order valence-corrected chi connectivity index (χ1v) is 3.48. The molecule has 4 nitrogen and oxygen atoms in total. The number of halogens is 2. The van der Waals surface area contributed by atoms with Crippen molar-refractivity contribution in [3.63, 3.8) is 0 Å². The lowest BCUT2D eigenvalue weighted by atomic mass is 10.3. The number of aromatic nitrogens is 3. The number of aliphatic hydroxyl groups excluding tert-OH is 1. The maximum absolute atomic E-state index is 12.8. The van der Waals surface area contributed by atoms with Gasteiger partial charge in [0.2, 0.25) is 0 Å². The summed E-state index contributed by atoms with van der Waals surface area (Å²) in [5.41, 5.74) is 0. The lowest BCUT2D eigenvalue weighted by molar-refractivity contribution is -0.0662. The quantitative estimate of drug-likeness (QED) is 0.726. The molecule has 68 valence electrons. The van der Waals surface area contributed by atoms with E-state index in [1.807, 2.05) is 0 Å². The third kappa shape index (κ3) is 1.42. The van der Waals surface area contributed by atoms with E-state index in [4.69, 9.17) is 5.11 Å². The number of alkyl halides is 2. The molecule has 0 saturated carbocycles. The Morgan fingerprint density at radius 2 is 2.33 bits per heavy atom. The minimum absolute atomic E-state index is 0.310. The van der Waals surface area contributed by atoms with E-state index in [1.54, 1.807) is 6.92 Å². The Balaban J connectivity index is 3.00. The zero-order chi connectivity index (χ0) is 9.19. The zero-order valence-electron chi connectivity index (χ0n) is 6.54. The van der Waals surface area contributed by atoms with Crippen molar-refractivity contribution in [3.8, 4) is 0 Å². The van der Waals surface area contributed by atoms with Crippen molar-refractivity contribution in [2.45, 2.75) is 19.4 Å².